The Hall–Kier alpha value is -1.76. The molecule has 1 aromatic rings. The average molecular weight is 299 g/mol. The maximum Gasteiger partial charge on any atom is 0.255 e. The summed E-state index contributed by atoms with van der Waals surface area (Å²) in [5.41, 5.74) is 0.105. The highest BCUT2D eigenvalue weighted by atomic mass is 32.2. The lowest BCUT2D eigenvalue weighted by molar-refractivity contribution is 0.0935. The number of nitrogens with one attached hydrogen (secondary N) is 1. The Labute approximate surface area is 117 Å². The van der Waals surface area contributed by atoms with E-state index in [9.17, 15) is 18.3 Å². The second-order valence-corrected chi connectivity index (χ2v) is 7.04. The van der Waals surface area contributed by atoms with Crippen LogP contribution < -0.4 is 10.1 Å². The minimum absolute atomic E-state index is 0.0460. The summed E-state index contributed by atoms with van der Waals surface area (Å²) in [6.45, 7) is 0. The zero-order valence-electron chi connectivity index (χ0n) is 11.1. The van der Waals surface area contributed by atoms with Crippen molar-refractivity contribution in [3.63, 3.8) is 0 Å². The molecule has 1 aliphatic rings. The number of rotatable bonds is 3. The van der Waals surface area contributed by atoms with Crippen LogP contribution in [0.4, 0.5) is 0 Å². The van der Waals surface area contributed by atoms with E-state index in [2.05, 4.69) is 5.32 Å². The van der Waals surface area contributed by atoms with Crippen LogP contribution in [0.3, 0.4) is 0 Å². The minimum Gasteiger partial charge on any atom is -0.507 e. The van der Waals surface area contributed by atoms with Crippen LogP contribution in [-0.2, 0) is 9.84 Å². The summed E-state index contributed by atoms with van der Waals surface area (Å²) in [5, 5.41) is 12.4. The number of hydrogen-bond acceptors (Lipinski definition) is 5. The molecule has 1 aromatic carbocycles. The Morgan fingerprint density at radius 3 is 2.80 bits per heavy atom. The molecule has 2 N–H and O–H groups in total. The molecule has 20 heavy (non-hydrogen) atoms. The van der Waals surface area contributed by atoms with Gasteiger partial charge in [-0.2, -0.15) is 0 Å². The van der Waals surface area contributed by atoms with Crippen LogP contribution in [0.25, 0.3) is 0 Å². The standard InChI is InChI=1S/C13H17NO5S/c1-19-10-4-5-11(12(15)7-10)13(16)14-9-3-2-6-20(17,18)8-9/h4-5,7,9,15H,2-3,6,8H2,1H3,(H,14,16). The SMILES string of the molecule is COc1ccc(C(=O)NC2CCCS(=O)(=O)C2)c(O)c1. The minimum atomic E-state index is -3.08. The highest BCUT2D eigenvalue weighted by Crippen LogP contribution is 2.23. The van der Waals surface area contributed by atoms with E-state index in [1.165, 1.54) is 19.2 Å². The zero-order valence-corrected chi connectivity index (χ0v) is 11.9. The van der Waals surface area contributed by atoms with Crippen molar-refractivity contribution in [2.45, 2.75) is 18.9 Å². The monoisotopic (exact) mass is 299 g/mol. The van der Waals surface area contributed by atoms with E-state index in [0.29, 0.717) is 18.6 Å². The van der Waals surface area contributed by atoms with Crippen LogP contribution in [0.2, 0.25) is 0 Å². The molecule has 0 saturated carbocycles. The third-order valence-corrected chi connectivity index (χ3v) is 5.07. The van der Waals surface area contributed by atoms with Crippen LogP contribution in [-0.4, -0.2) is 44.1 Å². The number of benzene rings is 1. The van der Waals surface area contributed by atoms with Gasteiger partial charge in [0.05, 0.1) is 24.2 Å². The summed E-state index contributed by atoms with van der Waals surface area (Å²) >= 11 is 0. The Bertz CT molecular complexity index is 611. The number of aromatic hydroxyl groups is 1. The lowest BCUT2D eigenvalue weighted by Crippen LogP contribution is -2.43. The van der Waals surface area contributed by atoms with Gasteiger partial charge in [-0.15, -0.1) is 0 Å². The van der Waals surface area contributed by atoms with Crippen LogP contribution in [0.5, 0.6) is 11.5 Å². The zero-order chi connectivity index (χ0) is 14.8. The van der Waals surface area contributed by atoms with Gasteiger partial charge in [0.1, 0.15) is 11.5 Å². The first-order valence-electron chi connectivity index (χ1n) is 6.29. The second-order valence-electron chi connectivity index (χ2n) is 4.81. The second kappa shape index (κ2) is 5.70. The van der Waals surface area contributed by atoms with Crippen LogP contribution >= 0.6 is 0 Å². The van der Waals surface area contributed by atoms with Crippen molar-refractivity contribution in [3.8, 4) is 11.5 Å². The maximum atomic E-state index is 12.0. The van der Waals surface area contributed by atoms with Crippen molar-refractivity contribution in [2.24, 2.45) is 0 Å². The van der Waals surface area contributed by atoms with Crippen molar-refractivity contribution in [3.05, 3.63) is 23.8 Å². The third-order valence-electron chi connectivity index (χ3n) is 3.25. The molecule has 1 heterocycles. The molecule has 0 bridgehead atoms. The van der Waals surface area contributed by atoms with Gasteiger partial charge in [-0.05, 0) is 25.0 Å². The van der Waals surface area contributed by atoms with Gasteiger partial charge < -0.3 is 15.2 Å². The molecule has 1 fully saturated rings. The Balaban J connectivity index is 2.08. The summed E-state index contributed by atoms with van der Waals surface area (Å²) in [6.07, 6.45) is 1.17. The molecule has 1 saturated heterocycles. The average Bonchev–Trinajstić information content (AvgIpc) is 2.37. The summed E-state index contributed by atoms with van der Waals surface area (Å²) in [4.78, 5) is 12.0. The molecule has 0 aliphatic carbocycles. The van der Waals surface area contributed by atoms with Crippen LogP contribution in [0.1, 0.15) is 23.2 Å². The van der Waals surface area contributed by atoms with Gasteiger partial charge in [-0.3, -0.25) is 4.79 Å². The quantitative estimate of drug-likeness (QED) is 0.857. The first-order chi connectivity index (χ1) is 9.41. The lowest BCUT2D eigenvalue weighted by atomic mass is 10.1. The largest absolute Gasteiger partial charge is 0.507 e. The van der Waals surface area contributed by atoms with E-state index in [1.54, 1.807) is 6.07 Å². The third kappa shape index (κ3) is 3.41. The molecule has 0 spiro atoms. The highest BCUT2D eigenvalue weighted by molar-refractivity contribution is 7.91. The van der Waals surface area contributed by atoms with Gasteiger partial charge >= 0.3 is 0 Å². The topological polar surface area (TPSA) is 92.7 Å². The molecule has 6 nitrogen and oxygen atoms in total. The number of carbonyl (C=O) groups excluding carboxylic acids is 1. The number of methoxy groups -OCH3 is 1. The fourth-order valence-electron chi connectivity index (χ4n) is 2.23. The fraction of sp³-hybridized carbons (Fsp3) is 0.462. The first kappa shape index (κ1) is 14.6. The van der Waals surface area contributed by atoms with E-state index < -0.39 is 21.8 Å². The molecule has 1 atom stereocenters. The summed E-state index contributed by atoms with van der Waals surface area (Å²) in [7, 11) is -1.62. The van der Waals surface area contributed by atoms with Gasteiger partial charge in [-0.1, -0.05) is 0 Å². The first-order valence-corrected chi connectivity index (χ1v) is 8.12. The summed E-state index contributed by atoms with van der Waals surface area (Å²) in [6, 6.07) is 3.95. The summed E-state index contributed by atoms with van der Waals surface area (Å²) < 4.78 is 28.0. The molecule has 0 radical (unpaired) electrons. The van der Waals surface area contributed by atoms with E-state index in [4.69, 9.17) is 4.74 Å². The number of phenols is 1. The molecule has 1 amide bonds. The van der Waals surface area contributed by atoms with Crippen molar-refractivity contribution >= 4 is 15.7 Å². The van der Waals surface area contributed by atoms with Gasteiger partial charge in [0.2, 0.25) is 0 Å². The Kier molecular flexibility index (Phi) is 4.17. The number of phenolic OH excluding ortho intramolecular Hbond substituents is 1. The fourth-order valence-corrected chi connectivity index (χ4v) is 3.87. The molecule has 1 unspecified atom stereocenters. The van der Waals surface area contributed by atoms with E-state index in [-0.39, 0.29) is 22.8 Å². The molecule has 2 rings (SSSR count). The summed E-state index contributed by atoms with van der Waals surface area (Å²) in [5.74, 6) is -0.102. The van der Waals surface area contributed by atoms with Crippen molar-refractivity contribution in [2.75, 3.05) is 18.6 Å². The number of ether oxygens (including phenoxy) is 1. The van der Waals surface area contributed by atoms with E-state index >= 15 is 0 Å². The van der Waals surface area contributed by atoms with Crippen molar-refractivity contribution < 1.29 is 23.1 Å². The molecule has 7 heteroatoms. The van der Waals surface area contributed by atoms with E-state index in [1.807, 2.05) is 0 Å². The number of hydrogen-bond donors (Lipinski definition) is 2. The number of amides is 1. The molecule has 1 aliphatic heterocycles. The maximum absolute atomic E-state index is 12.0. The predicted molar refractivity (Wildman–Crippen MR) is 73.8 cm³/mol. The van der Waals surface area contributed by atoms with Crippen molar-refractivity contribution in [1.29, 1.82) is 0 Å². The highest BCUT2D eigenvalue weighted by Gasteiger charge is 2.26. The van der Waals surface area contributed by atoms with Gasteiger partial charge in [-0.25, -0.2) is 8.42 Å². The normalized spacial score (nSPS) is 21.1. The molecular weight excluding hydrogens is 282 g/mol. The van der Waals surface area contributed by atoms with Gasteiger partial charge in [0, 0.05) is 12.1 Å². The van der Waals surface area contributed by atoms with Gasteiger partial charge in [0.25, 0.3) is 5.91 Å². The van der Waals surface area contributed by atoms with Gasteiger partial charge in [0.15, 0.2) is 9.84 Å². The number of carbonyl (C=O) groups is 1. The lowest BCUT2D eigenvalue weighted by Gasteiger charge is -2.23. The Morgan fingerprint density at radius 2 is 2.20 bits per heavy atom. The molecular formula is C13H17NO5S. The molecule has 110 valence electrons. The predicted octanol–water partition coefficient (Wildman–Crippen LogP) is 0.708. The van der Waals surface area contributed by atoms with Crippen molar-refractivity contribution in [1.82, 2.24) is 5.32 Å². The smallest absolute Gasteiger partial charge is 0.255 e. The van der Waals surface area contributed by atoms with Crippen LogP contribution in [0, 0.1) is 0 Å². The van der Waals surface area contributed by atoms with Crippen LogP contribution in [0.15, 0.2) is 18.2 Å². The Morgan fingerprint density at radius 1 is 1.45 bits per heavy atom. The van der Waals surface area contributed by atoms with E-state index in [0.717, 1.165) is 0 Å². The molecule has 0 aromatic heterocycles. The number of sulfone groups is 1.